The molecule has 0 bridgehead atoms. The van der Waals surface area contributed by atoms with E-state index in [-0.39, 0.29) is 17.0 Å². The summed E-state index contributed by atoms with van der Waals surface area (Å²) in [6, 6.07) is 26.0. The summed E-state index contributed by atoms with van der Waals surface area (Å²) >= 11 is 0. The molecule has 0 aliphatic carbocycles. The van der Waals surface area contributed by atoms with E-state index in [1.165, 1.54) is 5.56 Å². The summed E-state index contributed by atoms with van der Waals surface area (Å²) in [6.07, 6.45) is 7.64. The lowest BCUT2D eigenvalue weighted by atomic mass is 10.2. The average molecular weight is 471 g/mol. The lowest BCUT2D eigenvalue weighted by Gasteiger charge is -2.09. The average Bonchev–Trinajstić information content (AvgIpc) is 3.27. The van der Waals surface area contributed by atoms with E-state index in [0.29, 0.717) is 11.6 Å². The minimum atomic E-state index is 0. The number of aromatic nitrogens is 6. The normalized spacial score (nSPS) is 10.5. The molecule has 0 aliphatic heterocycles. The molecule has 4 heterocycles. The van der Waals surface area contributed by atoms with Gasteiger partial charge in [0.1, 0.15) is 11.4 Å². The van der Waals surface area contributed by atoms with Crippen molar-refractivity contribution in [3.05, 3.63) is 109 Å². The smallest absolute Gasteiger partial charge is 0.187 e. The Bertz CT molecular complexity index is 1180. The highest BCUT2D eigenvalue weighted by Crippen LogP contribution is 2.25. The zero-order valence-electron chi connectivity index (χ0n) is 16.6. The number of hydrogen-bond donors (Lipinski definition) is 0. The highest BCUT2D eigenvalue weighted by Gasteiger charge is 2.19. The van der Waals surface area contributed by atoms with Crippen molar-refractivity contribution in [2.24, 2.45) is 0 Å². The van der Waals surface area contributed by atoms with E-state index >= 15 is 0 Å². The summed E-state index contributed by atoms with van der Waals surface area (Å²) in [5.74, 6) is 1.36. The first-order valence-electron chi connectivity index (χ1n) is 9.70. The van der Waals surface area contributed by atoms with Gasteiger partial charge in [0.2, 0.25) is 0 Å². The van der Waals surface area contributed by atoms with Crippen molar-refractivity contribution in [3.8, 4) is 28.7 Å². The number of halogens is 1. The van der Waals surface area contributed by atoms with Crippen LogP contribution in [0.4, 0.5) is 0 Å². The molecule has 7 heteroatoms. The minimum Gasteiger partial charge on any atom is -1.00 e. The Hall–Kier alpha value is -3.71. The Kier molecular flexibility index (Phi) is 6.24. The van der Waals surface area contributed by atoms with Crippen molar-refractivity contribution >= 4 is 0 Å². The second-order valence-corrected chi connectivity index (χ2v) is 6.83. The minimum absolute atomic E-state index is 0. The first kappa shape index (κ1) is 20.6. The molecule has 0 saturated heterocycles. The third kappa shape index (κ3) is 4.41. The Morgan fingerprint density at radius 2 is 1.19 bits per heavy atom. The van der Waals surface area contributed by atoms with E-state index in [0.717, 1.165) is 23.6 Å². The summed E-state index contributed by atoms with van der Waals surface area (Å²) < 4.78 is 4.14. The van der Waals surface area contributed by atoms with E-state index in [1.54, 1.807) is 12.4 Å². The quantitative estimate of drug-likeness (QED) is 0.355. The highest BCUT2D eigenvalue weighted by molar-refractivity contribution is 5.62. The van der Waals surface area contributed by atoms with Crippen LogP contribution >= 0.6 is 0 Å². The summed E-state index contributed by atoms with van der Waals surface area (Å²) in [5, 5.41) is 8.87. The fourth-order valence-electron chi connectivity index (χ4n) is 3.35. The SMILES string of the molecule is [Br-].c1ccc(C[n+]2ccc(-n3c(-c4ccccn4)nnc3-c3ccccn3)cc2)cc1. The molecule has 152 valence electrons. The monoisotopic (exact) mass is 470 g/mol. The Morgan fingerprint density at radius 3 is 1.71 bits per heavy atom. The number of pyridine rings is 3. The maximum atomic E-state index is 4.47. The maximum Gasteiger partial charge on any atom is 0.187 e. The molecule has 4 aromatic heterocycles. The van der Waals surface area contributed by atoms with Crippen LogP contribution in [0.2, 0.25) is 0 Å². The zero-order valence-corrected chi connectivity index (χ0v) is 18.2. The first-order chi connectivity index (χ1) is 14.9. The van der Waals surface area contributed by atoms with Gasteiger partial charge >= 0.3 is 0 Å². The molecule has 0 atom stereocenters. The van der Waals surface area contributed by atoms with Crippen LogP contribution < -0.4 is 21.5 Å². The Labute approximate surface area is 190 Å². The molecule has 0 N–H and O–H groups in total. The third-order valence-corrected chi connectivity index (χ3v) is 4.79. The van der Waals surface area contributed by atoms with E-state index in [4.69, 9.17) is 0 Å². The summed E-state index contributed by atoms with van der Waals surface area (Å²) in [7, 11) is 0. The summed E-state index contributed by atoms with van der Waals surface area (Å²) in [5.41, 5.74) is 3.72. The van der Waals surface area contributed by atoms with Crippen molar-refractivity contribution < 1.29 is 21.5 Å². The van der Waals surface area contributed by atoms with Crippen molar-refractivity contribution in [2.45, 2.75) is 6.54 Å². The predicted octanol–water partition coefficient (Wildman–Crippen LogP) is 0.731. The van der Waals surface area contributed by atoms with Gasteiger partial charge in [0.25, 0.3) is 0 Å². The van der Waals surface area contributed by atoms with E-state index in [9.17, 15) is 0 Å². The molecule has 0 saturated carbocycles. The van der Waals surface area contributed by atoms with Crippen LogP contribution in [-0.4, -0.2) is 24.7 Å². The van der Waals surface area contributed by atoms with Gasteiger partial charge in [-0.05, 0) is 24.3 Å². The van der Waals surface area contributed by atoms with Crippen molar-refractivity contribution in [1.29, 1.82) is 0 Å². The highest BCUT2D eigenvalue weighted by atomic mass is 79.9. The van der Waals surface area contributed by atoms with Crippen LogP contribution in [0.5, 0.6) is 0 Å². The predicted molar refractivity (Wildman–Crippen MR) is 114 cm³/mol. The molecule has 1 aromatic carbocycles. The zero-order chi connectivity index (χ0) is 20.2. The van der Waals surface area contributed by atoms with Crippen LogP contribution in [-0.2, 0) is 6.54 Å². The molecular formula is C24H19BrN6. The molecule has 5 aromatic rings. The molecule has 0 fully saturated rings. The van der Waals surface area contributed by atoms with Gasteiger partial charge in [-0.3, -0.25) is 14.5 Å². The van der Waals surface area contributed by atoms with Crippen molar-refractivity contribution in [2.75, 3.05) is 0 Å². The molecule has 0 radical (unpaired) electrons. The first-order valence-corrected chi connectivity index (χ1v) is 9.70. The maximum absolute atomic E-state index is 4.47. The van der Waals surface area contributed by atoms with E-state index < -0.39 is 0 Å². The second kappa shape index (κ2) is 9.40. The summed E-state index contributed by atoms with van der Waals surface area (Å²) in [6.45, 7) is 0.809. The fourth-order valence-corrected chi connectivity index (χ4v) is 3.35. The van der Waals surface area contributed by atoms with Gasteiger partial charge in [0.15, 0.2) is 30.6 Å². The van der Waals surface area contributed by atoms with Crippen LogP contribution in [0.3, 0.4) is 0 Å². The number of rotatable bonds is 5. The molecule has 0 spiro atoms. The summed E-state index contributed by atoms with van der Waals surface area (Å²) in [4.78, 5) is 8.93. The molecule has 0 unspecified atom stereocenters. The van der Waals surface area contributed by atoms with Crippen LogP contribution in [0.15, 0.2) is 104 Å². The number of nitrogens with zero attached hydrogens (tertiary/aromatic N) is 6. The van der Waals surface area contributed by atoms with Gasteiger partial charge < -0.3 is 17.0 Å². The van der Waals surface area contributed by atoms with E-state index in [1.807, 2.05) is 47.0 Å². The lowest BCUT2D eigenvalue weighted by molar-refractivity contribution is -0.688. The van der Waals surface area contributed by atoms with Gasteiger partial charge in [-0.15, -0.1) is 10.2 Å². The second-order valence-electron chi connectivity index (χ2n) is 6.83. The molecule has 31 heavy (non-hydrogen) atoms. The van der Waals surface area contributed by atoms with Crippen LogP contribution in [0, 0.1) is 0 Å². The largest absolute Gasteiger partial charge is 1.00 e. The molecule has 6 nitrogen and oxygen atoms in total. The van der Waals surface area contributed by atoms with Crippen LogP contribution in [0.25, 0.3) is 28.7 Å². The van der Waals surface area contributed by atoms with Crippen molar-refractivity contribution in [3.63, 3.8) is 0 Å². The van der Waals surface area contributed by atoms with Gasteiger partial charge in [0, 0.05) is 30.1 Å². The lowest BCUT2D eigenvalue weighted by Crippen LogP contribution is -3.00. The van der Waals surface area contributed by atoms with Gasteiger partial charge in [-0.1, -0.05) is 42.5 Å². The van der Waals surface area contributed by atoms with Gasteiger partial charge in [-0.2, -0.15) is 0 Å². The number of hydrogen-bond acceptors (Lipinski definition) is 4. The molecule has 0 aliphatic rings. The van der Waals surface area contributed by atoms with Crippen LogP contribution in [0.1, 0.15) is 5.56 Å². The molecule has 5 rings (SSSR count). The molecule has 0 amide bonds. The van der Waals surface area contributed by atoms with Gasteiger partial charge in [-0.25, -0.2) is 4.57 Å². The number of benzene rings is 1. The van der Waals surface area contributed by atoms with Gasteiger partial charge in [0.05, 0.1) is 5.69 Å². The Balaban J connectivity index is 0.00000231. The van der Waals surface area contributed by atoms with Crippen molar-refractivity contribution in [1.82, 2.24) is 24.7 Å². The topological polar surface area (TPSA) is 60.4 Å². The fraction of sp³-hybridized carbons (Fsp3) is 0.0417. The third-order valence-electron chi connectivity index (χ3n) is 4.79. The standard InChI is InChI=1S/C24H19N6.BrH/c1-2-8-19(9-3-1)18-29-16-12-20(13-17-29)30-23(21-10-4-6-14-25-21)27-28-24(30)22-11-5-7-15-26-22;/h1-17H,18H2;1H/q+1;/p-1. The van der Waals surface area contributed by atoms with E-state index in [2.05, 4.69) is 73.5 Å². The Morgan fingerprint density at radius 1 is 0.645 bits per heavy atom. The molecular weight excluding hydrogens is 452 g/mol.